The third-order valence-electron chi connectivity index (χ3n) is 3.15. The summed E-state index contributed by atoms with van der Waals surface area (Å²) >= 11 is 0. The van der Waals surface area contributed by atoms with Gasteiger partial charge in [-0.2, -0.15) is 0 Å². The van der Waals surface area contributed by atoms with Crippen molar-refractivity contribution in [2.75, 3.05) is 0 Å². The predicted molar refractivity (Wildman–Crippen MR) is 93.8 cm³/mol. The minimum absolute atomic E-state index is 0.911. The van der Waals surface area contributed by atoms with E-state index in [9.17, 15) is 0 Å². The third-order valence-corrected chi connectivity index (χ3v) is 3.15. The van der Waals surface area contributed by atoms with E-state index in [4.69, 9.17) is 0 Å². The molecule has 0 aliphatic heterocycles. The van der Waals surface area contributed by atoms with E-state index in [0.29, 0.717) is 0 Å². The maximum atomic E-state index is 3.84. The fourth-order valence-corrected chi connectivity index (χ4v) is 1.97. The molecule has 0 heterocycles. The Morgan fingerprint density at radius 1 is 1.20 bits per heavy atom. The van der Waals surface area contributed by atoms with Crippen LogP contribution in [0, 0.1) is 0 Å². The summed E-state index contributed by atoms with van der Waals surface area (Å²) < 4.78 is 0. The van der Waals surface area contributed by atoms with Gasteiger partial charge >= 0.3 is 118 Å². The minimum atomic E-state index is 0.911. The fourth-order valence-electron chi connectivity index (χ4n) is 1.97. The van der Waals surface area contributed by atoms with E-state index in [2.05, 4.69) is 69.6 Å². The molecule has 0 spiro atoms. The first kappa shape index (κ1) is 16.2. The van der Waals surface area contributed by atoms with Crippen LogP contribution in [0.4, 0.5) is 0 Å². The van der Waals surface area contributed by atoms with E-state index >= 15 is 0 Å². The SMILES string of the molecule is B=C/C=C(\C=C)CC(/C=C\CCc1ccccc1)=C/C. The Kier molecular flexibility index (Phi) is 8.06. The molecule has 0 amide bonds. The van der Waals surface area contributed by atoms with Crippen molar-refractivity contribution >= 4 is 13.5 Å². The van der Waals surface area contributed by atoms with E-state index in [1.165, 1.54) is 16.7 Å². The van der Waals surface area contributed by atoms with Crippen LogP contribution in [0.1, 0.15) is 25.3 Å². The van der Waals surface area contributed by atoms with Crippen molar-refractivity contribution in [3.8, 4) is 0 Å². The molecule has 20 heavy (non-hydrogen) atoms. The van der Waals surface area contributed by atoms with Gasteiger partial charge in [0.05, 0.1) is 0 Å². The van der Waals surface area contributed by atoms with Crippen molar-refractivity contribution in [3.05, 3.63) is 84.0 Å². The van der Waals surface area contributed by atoms with Crippen molar-refractivity contribution in [3.63, 3.8) is 0 Å². The summed E-state index contributed by atoms with van der Waals surface area (Å²) in [6, 6.07) is 10.6. The van der Waals surface area contributed by atoms with E-state index < -0.39 is 0 Å². The normalized spacial score (nSPS) is 12.6. The van der Waals surface area contributed by atoms with Crippen LogP contribution in [0.3, 0.4) is 0 Å². The second-order valence-electron chi connectivity index (χ2n) is 4.65. The molecule has 0 aliphatic carbocycles. The van der Waals surface area contributed by atoms with Crippen molar-refractivity contribution in [1.29, 1.82) is 0 Å². The molecule has 0 atom stereocenters. The van der Waals surface area contributed by atoms with Crippen molar-refractivity contribution in [1.82, 2.24) is 0 Å². The summed E-state index contributed by atoms with van der Waals surface area (Å²) in [6.07, 6.45) is 13.6. The average molecular weight is 262 g/mol. The molecule has 0 unspecified atom stereocenters. The molecule has 1 rings (SSSR count). The summed E-state index contributed by atoms with van der Waals surface area (Å²) in [6.45, 7) is 5.91. The number of hydrogen-bond acceptors (Lipinski definition) is 0. The Balaban J connectivity index is 2.48. The number of hydrogen-bond donors (Lipinski definition) is 0. The monoisotopic (exact) mass is 262 g/mol. The van der Waals surface area contributed by atoms with Crippen molar-refractivity contribution in [2.45, 2.75) is 26.2 Å². The molecule has 0 saturated heterocycles. The Morgan fingerprint density at radius 2 is 1.95 bits per heavy atom. The number of allylic oxidation sites excluding steroid dienone is 7. The zero-order chi connectivity index (χ0) is 14.6. The van der Waals surface area contributed by atoms with E-state index in [1.54, 1.807) is 0 Å². The molecule has 0 aliphatic rings. The van der Waals surface area contributed by atoms with Crippen LogP contribution in [-0.4, -0.2) is 13.5 Å². The second kappa shape index (κ2) is 9.97. The first-order valence-corrected chi connectivity index (χ1v) is 7.09. The molecule has 1 aromatic carbocycles. The third kappa shape index (κ3) is 6.33. The Labute approximate surface area is 124 Å². The van der Waals surface area contributed by atoms with Crippen LogP contribution < -0.4 is 0 Å². The summed E-state index contributed by atoms with van der Waals surface area (Å²) in [5.41, 5.74) is 3.89. The summed E-state index contributed by atoms with van der Waals surface area (Å²) in [4.78, 5) is 0. The van der Waals surface area contributed by atoms with E-state index in [-0.39, 0.29) is 0 Å². The zero-order valence-electron chi connectivity index (χ0n) is 12.4. The quantitative estimate of drug-likeness (QED) is 0.483. The summed E-state index contributed by atoms with van der Waals surface area (Å²) in [7, 11) is 3.73. The second-order valence-corrected chi connectivity index (χ2v) is 4.65. The van der Waals surface area contributed by atoms with Crippen molar-refractivity contribution < 1.29 is 0 Å². The molecular weight excluding hydrogens is 239 g/mol. The van der Waals surface area contributed by atoms with Crippen LogP contribution in [0.2, 0.25) is 0 Å². The first-order valence-electron chi connectivity index (χ1n) is 7.09. The molecule has 0 aromatic heterocycles. The van der Waals surface area contributed by atoms with Gasteiger partial charge in [0.25, 0.3) is 0 Å². The number of benzene rings is 1. The van der Waals surface area contributed by atoms with Gasteiger partial charge in [-0.25, -0.2) is 0 Å². The topological polar surface area (TPSA) is 0 Å². The van der Waals surface area contributed by atoms with Gasteiger partial charge in [-0.1, -0.05) is 6.07 Å². The van der Waals surface area contributed by atoms with Gasteiger partial charge in [0.2, 0.25) is 0 Å². The van der Waals surface area contributed by atoms with E-state index in [1.807, 2.05) is 18.1 Å². The Hall–Kier alpha value is -1.89. The maximum absolute atomic E-state index is 3.84. The van der Waals surface area contributed by atoms with Crippen LogP contribution in [-0.2, 0) is 6.42 Å². The van der Waals surface area contributed by atoms with Gasteiger partial charge in [0.15, 0.2) is 0 Å². The predicted octanol–water partition coefficient (Wildman–Crippen LogP) is 4.33. The summed E-state index contributed by atoms with van der Waals surface area (Å²) in [5, 5.41) is 0. The molecular formula is C19H23B. The van der Waals surface area contributed by atoms with Gasteiger partial charge in [-0.3, -0.25) is 0 Å². The van der Waals surface area contributed by atoms with Gasteiger partial charge in [-0.15, -0.1) is 0 Å². The summed E-state index contributed by atoms with van der Waals surface area (Å²) in [5.74, 6) is 1.81. The Morgan fingerprint density at radius 3 is 2.55 bits per heavy atom. The van der Waals surface area contributed by atoms with Gasteiger partial charge < -0.3 is 0 Å². The van der Waals surface area contributed by atoms with Crippen LogP contribution >= 0.6 is 0 Å². The number of aryl methyl sites for hydroxylation is 1. The molecule has 102 valence electrons. The molecule has 1 heteroatoms. The molecule has 0 radical (unpaired) electrons. The molecule has 1 aromatic rings. The average Bonchev–Trinajstić information content (AvgIpc) is 2.50. The molecule has 0 bridgehead atoms. The van der Waals surface area contributed by atoms with Gasteiger partial charge in [0, 0.05) is 0 Å². The van der Waals surface area contributed by atoms with Crippen LogP contribution in [0.25, 0.3) is 0 Å². The first-order chi connectivity index (χ1) is 9.80. The van der Waals surface area contributed by atoms with Gasteiger partial charge in [0.1, 0.15) is 0 Å². The fraction of sp³-hybridized carbons (Fsp3) is 0.211. The molecule has 0 N–H and O–H groups in total. The molecule has 0 fully saturated rings. The van der Waals surface area contributed by atoms with Crippen molar-refractivity contribution in [2.24, 2.45) is 0 Å². The molecule has 0 saturated carbocycles. The number of rotatable bonds is 8. The van der Waals surface area contributed by atoms with Gasteiger partial charge in [-0.05, 0) is 0 Å². The van der Waals surface area contributed by atoms with Crippen LogP contribution in [0.5, 0.6) is 0 Å². The zero-order valence-corrected chi connectivity index (χ0v) is 12.4. The molecule has 0 nitrogen and oxygen atoms in total. The Bertz CT molecular complexity index is 504. The van der Waals surface area contributed by atoms with Crippen LogP contribution in [0.15, 0.2) is 78.4 Å². The standard InChI is InChI=1S/C19H23B/c1-3-17(16-18(4-2)14-15-20)10-8-9-13-19-11-6-5-7-12-19/h3-8,10-12,14-15,20H,2,9,13,16H2,1H3/b10-8-,17-3+,18-14+. The van der Waals surface area contributed by atoms with E-state index in [0.717, 1.165) is 19.3 Å².